The minimum Gasteiger partial charge on any atom is -0.250 e. The number of imidazole rings is 1. The highest BCUT2D eigenvalue weighted by Crippen LogP contribution is 2.04. The fourth-order valence-corrected chi connectivity index (χ4v) is 1.74. The van der Waals surface area contributed by atoms with Gasteiger partial charge in [-0.05, 0) is 12.8 Å². The van der Waals surface area contributed by atoms with Gasteiger partial charge in [-0.25, -0.2) is 9.55 Å². The second kappa shape index (κ2) is 6.63. The summed E-state index contributed by atoms with van der Waals surface area (Å²) >= 11 is 0. The van der Waals surface area contributed by atoms with Gasteiger partial charge in [0, 0.05) is 6.92 Å². The van der Waals surface area contributed by atoms with Gasteiger partial charge in [0.25, 0.3) is 0 Å². The predicted octanol–water partition coefficient (Wildman–Crippen LogP) is 2.97. The average Bonchev–Trinajstić information content (AvgIpc) is 2.58. The first-order valence-corrected chi connectivity index (χ1v) is 5.87. The largest absolute Gasteiger partial charge is 0.250 e. The third kappa shape index (κ3) is 3.95. The van der Waals surface area contributed by atoms with E-state index in [9.17, 15) is 0 Å². The lowest BCUT2D eigenvalue weighted by molar-refractivity contribution is -0.701. The lowest BCUT2D eigenvalue weighted by Gasteiger charge is -1.99. The number of H-pyrrole nitrogens is 1. The molecule has 14 heavy (non-hydrogen) atoms. The quantitative estimate of drug-likeness (QED) is 0.510. The number of hydrogen-bond acceptors (Lipinski definition) is 0. The monoisotopic (exact) mass is 195 g/mol. The Morgan fingerprint density at radius 2 is 1.86 bits per heavy atom. The highest BCUT2D eigenvalue weighted by Gasteiger charge is 2.01. The molecule has 0 saturated carbocycles. The van der Waals surface area contributed by atoms with Crippen LogP contribution in [-0.2, 0) is 6.54 Å². The number of nitrogens with one attached hydrogen (secondary N) is 1. The molecule has 80 valence electrons. The number of hydrogen-bond donors (Lipinski definition) is 1. The van der Waals surface area contributed by atoms with E-state index in [1.54, 1.807) is 0 Å². The normalized spacial score (nSPS) is 10.7. The zero-order valence-corrected chi connectivity index (χ0v) is 9.55. The van der Waals surface area contributed by atoms with Gasteiger partial charge in [-0.3, -0.25) is 0 Å². The van der Waals surface area contributed by atoms with E-state index in [-0.39, 0.29) is 0 Å². The zero-order chi connectivity index (χ0) is 10.2. The minimum absolute atomic E-state index is 1.17. The van der Waals surface area contributed by atoms with Crippen LogP contribution in [0.15, 0.2) is 12.5 Å². The maximum absolute atomic E-state index is 3.12. The van der Waals surface area contributed by atoms with Crippen molar-refractivity contribution in [1.29, 1.82) is 0 Å². The molecular formula is C12H23N2+. The van der Waals surface area contributed by atoms with Gasteiger partial charge in [0.2, 0.25) is 6.33 Å². The van der Waals surface area contributed by atoms with Gasteiger partial charge >= 0.3 is 0 Å². The predicted molar refractivity (Wildman–Crippen MR) is 59.1 cm³/mol. The Morgan fingerprint density at radius 3 is 2.50 bits per heavy atom. The summed E-state index contributed by atoms with van der Waals surface area (Å²) < 4.78 is 2.29. The van der Waals surface area contributed by atoms with Gasteiger partial charge in [0.1, 0.15) is 11.9 Å². The fourth-order valence-electron chi connectivity index (χ4n) is 1.74. The van der Waals surface area contributed by atoms with E-state index in [0.29, 0.717) is 0 Å². The minimum atomic E-state index is 1.17. The van der Waals surface area contributed by atoms with E-state index in [1.807, 2.05) is 0 Å². The van der Waals surface area contributed by atoms with Crippen LogP contribution in [-0.4, -0.2) is 4.98 Å². The SMILES string of the molecule is CCCCCCCC[n+]1c[nH]cc1C. The summed E-state index contributed by atoms with van der Waals surface area (Å²) in [5.41, 5.74) is 1.33. The van der Waals surface area contributed by atoms with Crippen molar-refractivity contribution in [1.82, 2.24) is 4.98 Å². The van der Waals surface area contributed by atoms with E-state index in [4.69, 9.17) is 0 Å². The number of rotatable bonds is 7. The van der Waals surface area contributed by atoms with Crippen LogP contribution in [0.25, 0.3) is 0 Å². The molecule has 1 aromatic rings. The van der Waals surface area contributed by atoms with Crippen LogP contribution < -0.4 is 4.57 Å². The lowest BCUT2D eigenvalue weighted by atomic mass is 10.1. The molecule has 1 heterocycles. The van der Waals surface area contributed by atoms with Crippen molar-refractivity contribution in [3.63, 3.8) is 0 Å². The van der Waals surface area contributed by atoms with Crippen LogP contribution in [0.3, 0.4) is 0 Å². The maximum atomic E-state index is 3.12. The van der Waals surface area contributed by atoms with Crippen molar-refractivity contribution in [2.45, 2.75) is 58.9 Å². The number of aryl methyl sites for hydroxylation is 2. The van der Waals surface area contributed by atoms with Crippen molar-refractivity contribution in [2.24, 2.45) is 0 Å². The number of aromatic nitrogens is 2. The topological polar surface area (TPSA) is 19.7 Å². The van der Waals surface area contributed by atoms with Crippen LogP contribution in [0.2, 0.25) is 0 Å². The first-order valence-electron chi connectivity index (χ1n) is 5.87. The molecule has 0 amide bonds. The Morgan fingerprint density at radius 1 is 1.14 bits per heavy atom. The van der Waals surface area contributed by atoms with Gasteiger partial charge in [-0.1, -0.05) is 32.6 Å². The number of nitrogens with zero attached hydrogens (tertiary/aromatic N) is 1. The molecule has 0 aromatic carbocycles. The highest BCUT2D eigenvalue weighted by atomic mass is 15.0. The summed E-state index contributed by atoms with van der Waals surface area (Å²) in [6, 6.07) is 0. The van der Waals surface area contributed by atoms with E-state index in [0.717, 1.165) is 0 Å². The Bertz CT molecular complexity index is 240. The molecule has 2 nitrogen and oxygen atoms in total. The van der Waals surface area contributed by atoms with Crippen molar-refractivity contribution in [3.05, 3.63) is 18.2 Å². The molecule has 1 aromatic heterocycles. The first-order chi connectivity index (χ1) is 6.84. The Hall–Kier alpha value is -0.790. The Labute approximate surface area is 87.4 Å². The highest BCUT2D eigenvalue weighted by molar-refractivity contribution is 4.79. The van der Waals surface area contributed by atoms with Crippen LogP contribution in [0.1, 0.15) is 51.1 Å². The lowest BCUT2D eigenvalue weighted by Crippen LogP contribution is -2.33. The molecule has 0 bridgehead atoms. The molecule has 0 aliphatic rings. The van der Waals surface area contributed by atoms with E-state index in [2.05, 4.69) is 35.9 Å². The van der Waals surface area contributed by atoms with Crippen LogP contribution in [0, 0.1) is 6.92 Å². The molecule has 2 heteroatoms. The van der Waals surface area contributed by atoms with Crippen molar-refractivity contribution in [3.8, 4) is 0 Å². The average molecular weight is 195 g/mol. The third-order valence-electron chi connectivity index (χ3n) is 2.73. The smallest absolute Gasteiger partial charge is 0.241 e. The Balaban J connectivity index is 2.02. The summed E-state index contributed by atoms with van der Waals surface area (Å²) in [6.07, 6.45) is 12.3. The van der Waals surface area contributed by atoms with Gasteiger partial charge in [0.15, 0.2) is 0 Å². The van der Waals surface area contributed by atoms with Gasteiger partial charge in [0.05, 0.1) is 6.54 Å². The second-order valence-electron chi connectivity index (χ2n) is 4.04. The van der Waals surface area contributed by atoms with E-state index >= 15 is 0 Å². The van der Waals surface area contributed by atoms with Crippen LogP contribution in [0.5, 0.6) is 0 Å². The standard InChI is InChI=1S/C12H22N2/c1-3-4-5-6-7-8-9-14-11-13-10-12(14)2/h10-11H,3-9H2,1-2H3/p+1. The van der Waals surface area contributed by atoms with Gasteiger partial charge < -0.3 is 0 Å². The molecule has 0 radical (unpaired) electrons. The van der Waals surface area contributed by atoms with Crippen molar-refractivity contribution in [2.75, 3.05) is 0 Å². The molecule has 0 saturated heterocycles. The molecule has 1 rings (SSSR count). The molecule has 1 N–H and O–H groups in total. The maximum Gasteiger partial charge on any atom is 0.241 e. The van der Waals surface area contributed by atoms with Crippen molar-refractivity contribution < 1.29 is 4.57 Å². The van der Waals surface area contributed by atoms with Crippen LogP contribution in [0.4, 0.5) is 0 Å². The molecule has 0 atom stereocenters. The third-order valence-corrected chi connectivity index (χ3v) is 2.73. The molecular weight excluding hydrogens is 172 g/mol. The zero-order valence-electron chi connectivity index (χ0n) is 9.55. The summed E-state index contributed by atoms with van der Waals surface area (Å²) in [7, 11) is 0. The van der Waals surface area contributed by atoms with E-state index in [1.165, 1.54) is 50.8 Å². The Kier molecular flexibility index (Phi) is 5.35. The van der Waals surface area contributed by atoms with Crippen molar-refractivity contribution >= 4 is 0 Å². The summed E-state index contributed by atoms with van der Waals surface area (Å²) in [5, 5.41) is 0. The van der Waals surface area contributed by atoms with Crippen LogP contribution >= 0.6 is 0 Å². The molecule has 0 aliphatic carbocycles. The molecule has 0 fully saturated rings. The fraction of sp³-hybridized carbons (Fsp3) is 0.750. The number of unbranched alkanes of at least 4 members (excludes halogenated alkanes) is 5. The van der Waals surface area contributed by atoms with E-state index < -0.39 is 0 Å². The molecule has 0 spiro atoms. The molecule has 0 unspecified atom stereocenters. The first kappa shape index (κ1) is 11.3. The summed E-state index contributed by atoms with van der Waals surface area (Å²) in [4.78, 5) is 3.12. The van der Waals surface area contributed by atoms with Gasteiger partial charge in [-0.2, -0.15) is 0 Å². The summed E-state index contributed by atoms with van der Waals surface area (Å²) in [6.45, 7) is 5.58. The molecule has 0 aliphatic heterocycles. The second-order valence-corrected chi connectivity index (χ2v) is 4.04. The summed E-state index contributed by atoms with van der Waals surface area (Å²) in [5.74, 6) is 0. The number of aromatic amines is 1. The van der Waals surface area contributed by atoms with Gasteiger partial charge in [-0.15, -0.1) is 0 Å².